The highest BCUT2D eigenvalue weighted by molar-refractivity contribution is 7.14. The summed E-state index contributed by atoms with van der Waals surface area (Å²) in [5, 5.41) is 5.40. The molecule has 0 saturated carbocycles. The average molecular weight is 477 g/mol. The van der Waals surface area contributed by atoms with Crippen LogP contribution in [0, 0.1) is 13.8 Å². The van der Waals surface area contributed by atoms with Gasteiger partial charge in [-0.25, -0.2) is 4.98 Å². The van der Waals surface area contributed by atoms with Gasteiger partial charge in [0.1, 0.15) is 0 Å². The zero-order valence-corrected chi connectivity index (χ0v) is 20.3. The van der Waals surface area contributed by atoms with Crippen LogP contribution in [-0.4, -0.2) is 45.5 Å². The minimum Gasteiger partial charge on any atom is -0.376 e. The van der Waals surface area contributed by atoms with Crippen LogP contribution >= 0.6 is 11.3 Å². The third-order valence-corrected chi connectivity index (χ3v) is 7.37. The second kappa shape index (κ2) is 9.19. The van der Waals surface area contributed by atoms with Gasteiger partial charge in [-0.15, -0.1) is 11.3 Å². The number of hydrogen-bond acceptors (Lipinski definition) is 5. The maximum absolute atomic E-state index is 12.6. The Morgan fingerprint density at radius 2 is 2.06 bits per heavy atom. The molecule has 1 N–H and O–H groups in total. The lowest BCUT2D eigenvalue weighted by molar-refractivity contribution is -0.116. The fourth-order valence-electron chi connectivity index (χ4n) is 4.75. The first-order valence-corrected chi connectivity index (χ1v) is 12.4. The fraction of sp³-hybridized carbons (Fsp3) is 0.346. The molecule has 8 heteroatoms. The van der Waals surface area contributed by atoms with Gasteiger partial charge in [0.25, 0.3) is 5.91 Å². The molecule has 5 rings (SSSR count). The second-order valence-electron chi connectivity index (χ2n) is 8.82. The molecule has 34 heavy (non-hydrogen) atoms. The van der Waals surface area contributed by atoms with Crippen LogP contribution < -0.4 is 5.32 Å². The number of aryl methyl sites for hydroxylation is 1. The maximum Gasteiger partial charge on any atom is 0.258 e. The normalized spacial score (nSPS) is 17.5. The van der Waals surface area contributed by atoms with E-state index in [0.29, 0.717) is 16.4 Å². The van der Waals surface area contributed by atoms with Crippen LogP contribution in [0.25, 0.3) is 17.0 Å². The number of aromatic nitrogens is 2. The van der Waals surface area contributed by atoms with Gasteiger partial charge in [-0.1, -0.05) is 24.8 Å². The third-order valence-electron chi connectivity index (χ3n) is 6.61. The Morgan fingerprint density at radius 3 is 2.79 bits per heavy atom. The molecule has 1 saturated heterocycles. The molecule has 2 aromatic heterocycles. The minimum atomic E-state index is -0.179. The summed E-state index contributed by atoms with van der Waals surface area (Å²) in [6, 6.07) is 9.53. The number of ether oxygens (including phenoxy) is 1. The Morgan fingerprint density at radius 1 is 1.26 bits per heavy atom. The van der Waals surface area contributed by atoms with E-state index < -0.39 is 0 Å². The smallest absolute Gasteiger partial charge is 0.258 e. The molecule has 0 bridgehead atoms. The molecular weight excluding hydrogens is 448 g/mol. The summed E-state index contributed by atoms with van der Waals surface area (Å²) in [5.74, 6) is -0.287. The minimum absolute atomic E-state index is 0.108. The van der Waals surface area contributed by atoms with Crippen molar-refractivity contribution in [1.29, 1.82) is 0 Å². The Hall–Kier alpha value is -3.23. The van der Waals surface area contributed by atoms with Crippen molar-refractivity contribution in [1.82, 2.24) is 14.5 Å². The first kappa shape index (κ1) is 22.6. The van der Waals surface area contributed by atoms with Gasteiger partial charge in [0, 0.05) is 65.3 Å². The Labute approximate surface area is 203 Å². The van der Waals surface area contributed by atoms with Crippen LogP contribution in [0.4, 0.5) is 5.13 Å². The van der Waals surface area contributed by atoms with E-state index in [4.69, 9.17) is 4.74 Å². The quantitative estimate of drug-likeness (QED) is 0.528. The van der Waals surface area contributed by atoms with Crippen molar-refractivity contribution in [2.24, 2.45) is 0 Å². The van der Waals surface area contributed by atoms with Crippen molar-refractivity contribution in [2.75, 3.05) is 18.5 Å². The van der Waals surface area contributed by atoms with Gasteiger partial charge >= 0.3 is 0 Å². The van der Waals surface area contributed by atoms with Gasteiger partial charge in [-0.3, -0.25) is 9.59 Å². The van der Waals surface area contributed by atoms with E-state index in [-0.39, 0.29) is 30.9 Å². The summed E-state index contributed by atoms with van der Waals surface area (Å²) in [6.07, 6.45) is 2.67. The molecule has 176 valence electrons. The van der Waals surface area contributed by atoms with Crippen LogP contribution in [-0.2, 0) is 16.1 Å². The van der Waals surface area contributed by atoms with E-state index in [1.165, 1.54) is 17.0 Å². The van der Waals surface area contributed by atoms with Crippen molar-refractivity contribution in [3.8, 4) is 11.3 Å². The lowest BCUT2D eigenvalue weighted by atomic mass is 10.1. The molecule has 1 unspecified atom stereocenters. The highest BCUT2D eigenvalue weighted by Crippen LogP contribution is 2.32. The lowest BCUT2D eigenvalue weighted by Crippen LogP contribution is -2.27. The van der Waals surface area contributed by atoms with Crippen LogP contribution in [0.3, 0.4) is 0 Å². The number of thiazole rings is 1. The average Bonchev–Trinajstić information content (AvgIpc) is 3.60. The SMILES string of the molecule is C=C1c2ccccc2C(=O)N1CCC(=O)Nc1nc(-c2cc(C)n(CC3CCCO3)c2C)cs1. The third kappa shape index (κ3) is 4.19. The monoisotopic (exact) mass is 476 g/mol. The topological polar surface area (TPSA) is 76.5 Å². The molecule has 0 radical (unpaired) electrons. The van der Waals surface area contributed by atoms with Crippen LogP contribution in [0.5, 0.6) is 0 Å². The summed E-state index contributed by atoms with van der Waals surface area (Å²) in [5.41, 5.74) is 6.36. The molecule has 2 aliphatic heterocycles. The number of rotatable bonds is 7. The lowest BCUT2D eigenvalue weighted by Gasteiger charge is -2.16. The number of carbonyl (C=O) groups is 2. The Balaban J connectivity index is 1.21. The van der Waals surface area contributed by atoms with Gasteiger partial charge in [0.2, 0.25) is 5.91 Å². The van der Waals surface area contributed by atoms with Gasteiger partial charge in [0.05, 0.1) is 11.8 Å². The first-order chi connectivity index (χ1) is 16.4. The zero-order valence-electron chi connectivity index (χ0n) is 19.5. The van der Waals surface area contributed by atoms with Crippen molar-refractivity contribution in [3.05, 3.63) is 64.8 Å². The highest BCUT2D eigenvalue weighted by Gasteiger charge is 2.30. The second-order valence-corrected chi connectivity index (χ2v) is 9.67. The standard InChI is InChI=1S/C26H28N4O3S/c1-16-13-22(18(3)30(16)14-19-7-6-12-33-19)23-15-34-26(27-23)28-24(31)10-11-29-17(2)20-8-4-5-9-21(20)25(29)32/h4-5,8-9,13,15,19H,2,6-7,10-12,14H2,1,3H3,(H,27,28,31). The number of amides is 2. The van der Waals surface area contributed by atoms with E-state index in [1.54, 1.807) is 11.0 Å². The van der Waals surface area contributed by atoms with Gasteiger partial charge in [-0.2, -0.15) is 0 Å². The largest absolute Gasteiger partial charge is 0.376 e. The van der Waals surface area contributed by atoms with Crippen LogP contribution in [0.15, 0.2) is 42.3 Å². The van der Waals surface area contributed by atoms with Gasteiger partial charge < -0.3 is 19.5 Å². The number of fused-ring (bicyclic) bond motifs is 1. The summed E-state index contributed by atoms with van der Waals surface area (Å²) >= 11 is 1.40. The molecule has 3 aromatic rings. The first-order valence-electron chi connectivity index (χ1n) is 11.6. The number of carbonyl (C=O) groups excluding carboxylic acids is 2. The summed E-state index contributed by atoms with van der Waals surface area (Å²) in [6.45, 7) is 10.2. The highest BCUT2D eigenvalue weighted by atomic mass is 32.1. The van der Waals surface area contributed by atoms with Crippen molar-refractivity contribution >= 4 is 34.0 Å². The Kier molecular flexibility index (Phi) is 6.10. The van der Waals surface area contributed by atoms with E-state index >= 15 is 0 Å². The molecule has 1 fully saturated rings. The fourth-order valence-corrected chi connectivity index (χ4v) is 5.48. The van der Waals surface area contributed by atoms with Gasteiger partial charge in [-0.05, 0) is 38.8 Å². The predicted molar refractivity (Wildman–Crippen MR) is 134 cm³/mol. The zero-order chi connectivity index (χ0) is 23.8. The number of nitrogens with one attached hydrogen (secondary N) is 1. The number of nitrogens with zero attached hydrogens (tertiary/aromatic N) is 3. The molecule has 1 aromatic carbocycles. The molecule has 0 spiro atoms. The number of benzene rings is 1. The van der Waals surface area contributed by atoms with Crippen LogP contribution in [0.2, 0.25) is 0 Å². The van der Waals surface area contributed by atoms with E-state index in [9.17, 15) is 9.59 Å². The maximum atomic E-state index is 12.6. The van der Waals surface area contributed by atoms with Crippen LogP contribution in [0.1, 0.15) is 46.6 Å². The molecule has 4 heterocycles. The molecule has 7 nitrogen and oxygen atoms in total. The molecular formula is C26H28N4O3S. The van der Waals surface area contributed by atoms with Gasteiger partial charge in [0.15, 0.2) is 5.13 Å². The number of anilines is 1. The van der Waals surface area contributed by atoms with Crippen molar-refractivity contribution < 1.29 is 14.3 Å². The molecule has 2 amide bonds. The van der Waals surface area contributed by atoms with E-state index in [0.717, 1.165) is 48.5 Å². The van der Waals surface area contributed by atoms with E-state index in [1.807, 2.05) is 23.6 Å². The van der Waals surface area contributed by atoms with Crippen molar-refractivity contribution in [3.63, 3.8) is 0 Å². The summed E-state index contributed by atoms with van der Waals surface area (Å²) in [4.78, 5) is 31.4. The molecule has 2 aliphatic rings. The predicted octanol–water partition coefficient (Wildman–Crippen LogP) is 4.86. The van der Waals surface area contributed by atoms with E-state index in [2.05, 4.69) is 41.4 Å². The summed E-state index contributed by atoms with van der Waals surface area (Å²) < 4.78 is 8.10. The molecule has 1 atom stereocenters. The Bertz CT molecular complexity index is 1230. The number of hydrogen-bond donors (Lipinski definition) is 1. The van der Waals surface area contributed by atoms with Crippen molar-refractivity contribution in [2.45, 2.75) is 45.8 Å². The summed E-state index contributed by atoms with van der Waals surface area (Å²) in [7, 11) is 0. The molecule has 0 aliphatic carbocycles.